The minimum atomic E-state index is -3.00. The van der Waals surface area contributed by atoms with Crippen molar-refractivity contribution in [3.05, 3.63) is 90.2 Å². The van der Waals surface area contributed by atoms with E-state index in [-0.39, 0.29) is 17.8 Å². The van der Waals surface area contributed by atoms with Crippen LogP contribution in [0.15, 0.2) is 88.8 Å². The second kappa shape index (κ2) is 23.2. The van der Waals surface area contributed by atoms with Crippen molar-refractivity contribution < 1.29 is 23.1 Å². The SMILES string of the molecule is C=C(/C=C\C(=NC)N(C)C)C(N)=N/C=C/C=C(\C=C\C)C(F)(F)P.CCCNCC.O=C(O)Cc1cncc(F)c1. The van der Waals surface area contributed by atoms with Crippen LogP contribution in [0.4, 0.5) is 13.2 Å². The summed E-state index contributed by atoms with van der Waals surface area (Å²) in [4.78, 5) is 23.5. The maximum Gasteiger partial charge on any atom is 0.307 e. The van der Waals surface area contributed by atoms with Crippen LogP contribution in [0.2, 0.25) is 0 Å². The number of halogens is 3. The smallest absolute Gasteiger partial charge is 0.307 e. The third-order valence-electron chi connectivity index (χ3n) is 4.55. The molecule has 1 aromatic heterocycles. The van der Waals surface area contributed by atoms with Crippen LogP contribution < -0.4 is 11.1 Å². The van der Waals surface area contributed by atoms with Crippen LogP contribution in [-0.4, -0.2) is 72.5 Å². The van der Waals surface area contributed by atoms with Gasteiger partial charge in [-0.2, -0.15) is 8.78 Å². The highest BCUT2D eigenvalue weighted by Gasteiger charge is 2.24. The number of aliphatic carboxylic acids is 1. The number of hydrogen-bond donors (Lipinski definition) is 3. The number of aromatic nitrogens is 1. The molecule has 0 saturated heterocycles. The predicted octanol–water partition coefficient (Wildman–Crippen LogP) is 5.38. The molecule has 0 saturated carbocycles. The molecular weight excluding hydrogens is 552 g/mol. The quantitative estimate of drug-likeness (QED) is 0.0981. The second-order valence-corrected chi connectivity index (χ2v) is 9.10. The Morgan fingerprint density at radius 3 is 2.37 bits per heavy atom. The summed E-state index contributed by atoms with van der Waals surface area (Å²) in [5, 5.41) is 11.5. The molecule has 0 radical (unpaired) electrons. The molecule has 0 bridgehead atoms. The average molecular weight is 597 g/mol. The van der Waals surface area contributed by atoms with E-state index in [1.54, 1.807) is 32.2 Å². The number of pyridine rings is 1. The van der Waals surface area contributed by atoms with Crippen LogP contribution in [0.25, 0.3) is 0 Å². The van der Waals surface area contributed by atoms with Gasteiger partial charge in [0, 0.05) is 44.7 Å². The molecule has 12 heteroatoms. The van der Waals surface area contributed by atoms with Crippen LogP contribution in [0.1, 0.15) is 32.8 Å². The zero-order chi connectivity index (χ0) is 31.8. The Balaban J connectivity index is 0. The van der Waals surface area contributed by atoms with Crippen LogP contribution in [-0.2, 0) is 11.2 Å². The minimum Gasteiger partial charge on any atom is -0.481 e. The number of nitrogens with zero attached hydrogens (tertiary/aromatic N) is 4. The summed E-state index contributed by atoms with van der Waals surface area (Å²) in [6, 6.07) is 1.15. The third-order valence-corrected chi connectivity index (χ3v) is 4.88. The third kappa shape index (κ3) is 21.9. The summed E-state index contributed by atoms with van der Waals surface area (Å²) in [5.41, 5.74) is 3.52. The average Bonchev–Trinajstić information content (AvgIpc) is 2.88. The standard InChI is InChI=1S/C17H25F2N4P.C7H6FNO2.C5H13N/c1-6-8-14(17(18,19)24)9-7-12-22-16(20)13(2)10-11-15(21-3)23(4)5;8-6-1-5(2-7(10)11)3-9-4-6;1-3-5-6-4-2/h6-12H,2,24H2,1,3-5H3,(H2,20,22);1,3-4H,2H2,(H,10,11);6H,3-5H2,1-2H3/b8-6+,11-10-,12-7+,14-9+,21-15?;;. The van der Waals surface area contributed by atoms with E-state index >= 15 is 0 Å². The fourth-order valence-corrected chi connectivity index (χ4v) is 2.77. The van der Waals surface area contributed by atoms with E-state index in [1.165, 1.54) is 46.3 Å². The summed E-state index contributed by atoms with van der Waals surface area (Å²) in [6.45, 7) is 12.0. The van der Waals surface area contributed by atoms with Crippen LogP contribution in [0, 0.1) is 5.82 Å². The van der Waals surface area contributed by atoms with Crippen molar-refractivity contribution in [1.82, 2.24) is 15.2 Å². The highest BCUT2D eigenvalue weighted by Crippen LogP contribution is 2.31. The Morgan fingerprint density at radius 1 is 1.27 bits per heavy atom. The number of carbonyl (C=O) groups is 1. The number of rotatable bonds is 12. The largest absolute Gasteiger partial charge is 0.481 e. The van der Waals surface area contributed by atoms with E-state index in [0.717, 1.165) is 31.2 Å². The van der Waals surface area contributed by atoms with Gasteiger partial charge in [-0.3, -0.25) is 14.8 Å². The highest BCUT2D eigenvalue weighted by atomic mass is 31.0. The Morgan fingerprint density at radius 2 is 1.93 bits per heavy atom. The molecular formula is C29H44F3N6O2P. The Kier molecular flexibility index (Phi) is 22.4. The summed E-state index contributed by atoms with van der Waals surface area (Å²) >= 11 is 0. The molecule has 228 valence electrons. The number of alkyl halides is 2. The van der Waals surface area contributed by atoms with E-state index in [9.17, 15) is 18.0 Å². The number of likely N-dealkylation sites (N-methyl/N-ethyl adjacent to an activating group) is 1. The van der Waals surface area contributed by atoms with Crippen LogP contribution in [0.3, 0.4) is 0 Å². The van der Waals surface area contributed by atoms with E-state index < -0.39 is 17.5 Å². The van der Waals surface area contributed by atoms with Gasteiger partial charge in [-0.25, -0.2) is 9.38 Å². The lowest BCUT2D eigenvalue weighted by atomic mass is 10.2. The summed E-state index contributed by atoms with van der Waals surface area (Å²) in [6.07, 6.45) is 13.8. The Hall–Kier alpha value is -3.56. The van der Waals surface area contributed by atoms with E-state index in [0.29, 0.717) is 11.1 Å². The molecule has 0 amide bonds. The van der Waals surface area contributed by atoms with Crippen molar-refractivity contribution in [3.63, 3.8) is 0 Å². The number of amidine groups is 2. The maximum absolute atomic E-state index is 13.3. The molecule has 1 atom stereocenters. The molecule has 0 fully saturated rings. The van der Waals surface area contributed by atoms with Gasteiger partial charge in [-0.05, 0) is 56.3 Å². The molecule has 8 nitrogen and oxygen atoms in total. The van der Waals surface area contributed by atoms with Gasteiger partial charge in [-0.15, -0.1) is 0 Å². The fourth-order valence-electron chi connectivity index (χ4n) is 2.58. The van der Waals surface area contributed by atoms with Crippen molar-refractivity contribution in [1.29, 1.82) is 0 Å². The molecule has 1 heterocycles. The molecule has 0 aliphatic heterocycles. The molecule has 0 aromatic carbocycles. The van der Waals surface area contributed by atoms with E-state index in [1.807, 2.05) is 19.0 Å². The molecule has 41 heavy (non-hydrogen) atoms. The van der Waals surface area contributed by atoms with Gasteiger partial charge < -0.3 is 21.1 Å². The van der Waals surface area contributed by atoms with Gasteiger partial charge in [0.15, 0.2) is 0 Å². The van der Waals surface area contributed by atoms with Crippen molar-refractivity contribution in [2.45, 2.75) is 39.3 Å². The highest BCUT2D eigenvalue weighted by molar-refractivity contribution is 7.18. The van der Waals surface area contributed by atoms with Gasteiger partial charge >= 0.3 is 5.97 Å². The number of allylic oxidation sites excluding steroid dienone is 5. The molecule has 0 spiro atoms. The lowest BCUT2D eigenvalue weighted by Crippen LogP contribution is -2.20. The number of nitrogens with one attached hydrogen (secondary N) is 1. The normalized spacial score (nSPS) is 12.7. The fraction of sp³-hybridized carbons (Fsp3) is 0.379. The molecule has 0 aliphatic carbocycles. The molecule has 0 aliphatic rings. The van der Waals surface area contributed by atoms with Crippen molar-refractivity contribution in [2.24, 2.45) is 15.7 Å². The Labute approximate surface area is 244 Å². The number of nitrogens with two attached hydrogens (primary N) is 1. The molecule has 4 N–H and O–H groups in total. The van der Waals surface area contributed by atoms with Gasteiger partial charge in [-0.1, -0.05) is 47.9 Å². The van der Waals surface area contributed by atoms with E-state index in [4.69, 9.17) is 10.8 Å². The second-order valence-electron chi connectivity index (χ2n) is 8.37. The molecule has 1 rings (SSSR count). The summed E-state index contributed by atoms with van der Waals surface area (Å²) in [7, 11) is 6.91. The monoisotopic (exact) mass is 596 g/mol. The van der Waals surface area contributed by atoms with Crippen LogP contribution >= 0.6 is 9.24 Å². The molecule has 1 aromatic rings. The zero-order valence-corrected chi connectivity index (χ0v) is 25.9. The maximum atomic E-state index is 13.3. The van der Waals surface area contributed by atoms with Gasteiger partial charge in [0.05, 0.1) is 12.6 Å². The predicted molar refractivity (Wildman–Crippen MR) is 168 cm³/mol. The van der Waals surface area contributed by atoms with Crippen molar-refractivity contribution in [3.8, 4) is 0 Å². The first-order valence-corrected chi connectivity index (χ1v) is 13.3. The number of hydrogen-bond acceptors (Lipinski definition) is 5. The Bertz CT molecular complexity index is 1100. The van der Waals surface area contributed by atoms with Crippen LogP contribution in [0.5, 0.6) is 0 Å². The van der Waals surface area contributed by atoms with Gasteiger partial charge in [0.2, 0.25) is 0 Å². The molecule has 1 unspecified atom stereocenters. The first kappa shape index (κ1) is 39.6. The van der Waals surface area contributed by atoms with Crippen molar-refractivity contribution >= 4 is 26.9 Å². The number of carboxylic acid groups (broad SMARTS) is 1. The minimum absolute atomic E-state index is 0.145. The first-order chi connectivity index (χ1) is 19.2. The summed E-state index contributed by atoms with van der Waals surface area (Å²) in [5.74, 6) is -0.558. The van der Waals surface area contributed by atoms with Gasteiger partial charge in [0.1, 0.15) is 17.5 Å². The first-order valence-electron chi connectivity index (χ1n) is 12.8. The van der Waals surface area contributed by atoms with Crippen molar-refractivity contribution in [2.75, 3.05) is 34.2 Å². The lowest BCUT2D eigenvalue weighted by Gasteiger charge is -2.11. The van der Waals surface area contributed by atoms with Gasteiger partial charge in [0.25, 0.3) is 5.66 Å². The number of aliphatic imine (C=N–C) groups is 2. The summed E-state index contributed by atoms with van der Waals surface area (Å²) < 4.78 is 38.9. The van der Waals surface area contributed by atoms with E-state index in [2.05, 4.69) is 40.7 Å². The zero-order valence-electron chi connectivity index (χ0n) is 24.7. The number of carboxylic acids is 1. The lowest BCUT2D eigenvalue weighted by molar-refractivity contribution is -0.136. The topological polar surface area (TPSA) is 116 Å².